The van der Waals surface area contributed by atoms with Crippen molar-refractivity contribution >= 4 is 23.1 Å². The normalized spacial score (nSPS) is 31.6. The molecule has 172 valence electrons. The maximum Gasteiger partial charge on any atom is 0.339 e. The maximum atomic E-state index is 13.3. The number of imidazole rings is 1. The fraction of sp³-hybridized carbons (Fsp3) is 0.538. The first-order chi connectivity index (χ1) is 15.1. The summed E-state index contributed by atoms with van der Waals surface area (Å²) in [5, 5.41) is 0. The topological polar surface area (TPSA) is 62.6 Å². The second-order valence-electron chi connectivity index (χ2n) is 9.70. The number of aromatic nitrogens is 2. The second-order valence-corrected chi connectivity index (χ2v) is 9.70. The lowest BCUT2D eigenvalue weighted by Gasteiger charge is -2.23. The van der Waals surface area contributed by atoms with Gasteiger partial charge in [-0.1, -0.05) is 38.2 Å². The Bertz CT molecular complexity index is 1080. The molecule has 1 fully saturated rings. The molecule has 6 heteroatoms. The zero-order chi connectivity index (χ0) is 23.2. The van der Waals surface area contributed by atoms with E-state index in [-0.39, 0.29) is 36.1 Å². The molecule has 2 aromatic rings. The Morgan fingerprint density at radius 3 is 2.59 bits per heavy atom. The van der Waals surface area contributed by atoms with E-state index in [9.17, 15) is 4.79 Å². The van der Waals surface area contributed by atoms with Crippen LogP contribution in [0.1, 0.15) is 62.5 Å². The smallest absolute Gasteiger partial charge is 0.339 e. The Balaban J connectivity index is 1.82. The van der Waals surface area contributed by atoms with E-state index in [1.807, 2.05) is 51.5 Å². The van der Waals surface area contributed by atoms with Gasteiger partial charge in [-0.25, -0.2) is 9.78 Å². The largest absolute Gasteiger partial charge is 0.458 e. The molecule has 0 bridgehead atoms. The molecule has 3 heterocycles. The molecule has 1 aromatic heterocycles. The predicted octanol–water partition coefficient (Wildman–Crippen LogP) is 5.19. The van der Waals surface area contributed by atoms with E-state index >= 15 is 0 Å². The molecule has 5 atom stereocenters. The summed E-state index contributed by atoms with van der Waals surface area (Å²) in [6.45, 7) is 12.0. The highest BCUT2D eigenvalue weighted by Crippen LogP contribution is 2.35. The van der Waals surface area contributed by atoms with Crippen molar-refractivity contribution in [2.75, 3.05) is 0 Å². The van der Waals surface area contributed by atoms with E-state index in [1.54, 1.807) is 6.33 Å². The van der Waals surface area contributed by atoms with Crippen LogP contribution in [-0.2, 0) is 21.3 Å². The zero-order valence-electron chi connectivity index (χ0n) is 20.1. The number of esters is 1. The number of carbonyl (C=O) groups is 1. The van der Waals surface area contributed by atoms with Gasteiger partial charge in [-0.15, -0.1) is 0 Å². The van der Waals surface area contributed by atoms with Crippen LogP contribution in [0.3, 0.4) is 0 Å². The van der Waals surface area contributed by atoms with Crippen LogP contribution in [0.2, 0.25) is 0 Å². The Labute approximate surface area is 190 Å². The monoisotopic (exact) mass is 438 g/mol. The van der Waals surface area contributed by atoms with Crippen molar-refractivity contribution in [3.63, 3.8) is 0 Å². The Morgan fingerprint density at radius 1 is 1.12 bits per heavy atom. The minimum atomic E-state index is -0.625. The lowest BCUT2D eigenvalue weighted by Crippen LogP contribution is -2.29. The molecular formula is C26H34N2O4. The SMILES string of the molecule is Cc1cc2c(ncn2C)c2c1C(=O)O[C@@H](C)[C@H](C)/C=C\C(C)[C@H]1OC(C)(C)O[C@H]1CC=C2. The molecule has 2 aliphatic rings. The molecule has 2 aliphatic heterocycles. The number of nitrogens with zero attached hydrogens (tertiary/aromatic N) is 2. The van der Waals surface area contributed by atoms with Gasteiger partial charge >= 0.3 is 5.97 Å². The fourth-order valence-electron chi connectivity index (χ4n) is 4.62. The molecule has 1 aromatic carbocycles. The summed E-state index contributed by atoms with van der Waals surface area (Å²) in [5.41, 5.74) is 4.02. The zero-order valence-corrected chi connectivity index (χ0v) is 20.1. The van der Waals surface area contributed by atoms with E-state index in [0.717, 1.165) is 22.2 Å². The lowest BCUT2D eigenvalue weighted by atomic mass is 9.93. The Hall–Kier alpha value is -2.44. The minimum absolute atomic E-state index is 0.0502. The third kappa shape index (κ3) is 4.26. The minimum Gasteiger partial charge on any atom is -0.458 e. The lowest BCUT2D eigenvalue weighted by molar-refractivity contribution is -0.148. The van der Waals surface area contributed by atoms with Gasteiger partial charge in [0.2, 0.25) is 0 Å². The number of fused-ring (bicyclic) bond motifs is 4. The van der Waals surface area contributed by atoms with Gasteiger partial charge in [0.25, 0.3) is 0 Å². The quantitative estimate of drug-likeness (QED) is 0.418. The first-order valence-electron chi connectivity index (χ1n) is 11.4. The highest BCUT2D eigenvalue weighted by molar-refractivity contribution is 6.02. The second kappa shape index (κ2) is 8.49. The van der Waals surface area contributed by atoms with Crippen molar-refractivity contribution in [2.24, 2.45) is 18.9 Å². The summed E-state index contributed by atoms with van der Waals surface area (Å²) in [4.78, 5) is 17.9. The third-order valence-corrected chi connectivity index (χ3v) is 6.60. The van der Waals surface area contributed by atoms with Gasteiger partial charge in [0, 0.05) is 24.4 Å². The molecule has 1 unspecified atom stereocenters. The predicted molar refractivity (Wildman–Crippen MR) is 125 cm³/mol. The van der Waals surface area contributed by atoms with Gasteiger partial charge in [0.1, 0.15) is 6.10 Å². The number of cyclic esters (lactones) is 1. The van der Waals surface area contributed by atoms with Crippen molar-refractivity contribution < 1.29 is 19.0 Å². The summed E-state index contributed by atoms with van der Waals surface area (Å²) >= 11 is 0. The van der Waals surface area contributed by atoms with E-state index in [0.29, 0.717) is 12.0 Å². The average Bonchev–Trinajstić information content (AvgIpc) is 3.23. The molecule has 0 aliphatic carbocycles. The summed E-state index contributed by atoms with van der Waals surface area (Å²) in [5.74, 6) is -0.705. The Morgan fingerprint density at radius 2 is 1.84 bits per heavy atom. The van der Waals surface area contributed by atoms with Crippen molar-refractivity contribution in [3.05, 3.63) is 47.3 Å². The van der Waals surface area contributed by atoms with E-state index in [4.69, 9.17) is 14.2 Å². The highest BCUT2D eigenvalue weighted by atomic mass is 16.8. The summed E-state index contributed by atoms with van der Waals surface area (Å²) < 4.78 is 20.4. The van der Waals surface area contributed by atoms with Gasteiger partial charge in [-0.2, -0.15) is 0 Å². The van der Waals surface area contributed by atoms with Crippen molar-refractivity contribution in [3.8, 4) is 0 Å². The molecule has 0 N–H and O–H groups in total. The molecule has 0 radical (unpaired) electrons. The van der Waals surface area contributed by atoms with Crippen molar-refractivity contribution in [1.29, 1.82) is 0 Å². The summed E-state index contributed by atoms with van der Waals surface area (Å²) in [6.07, 6.45) is 10.4. The van der Waals surface area contributed by atoms with Gasteiger partial charge in [0.05, 0.1) is 35.1 Å². The van der Waals surface area contributed by atoms with Crippen LogP contribution < -0.4 is 0 Å². The van der Waals surface area contributed by atoms with E-state index in [1.165, 1.54) is 0 Å². The van der Waals surface area contributed by atoms with Crippen molar-refractivity contribution in [2.45, 2.75) is 72.1 Å². The number of ether oxygens (including phenoxy) is 3. The molecular weight excluding hydrogens is 404 g/mol. The molecule has 0 saturated carbocycles. The number of hydrogen-bond donors (Lipinski definition) is 0. The summed E-state index contributed by atoms with van der Waals surface area (Å²) in [7, 11) is 1.96. The molecule has 1 saturated heterocycles. The van der Waals surface area contributed by atoms with E-state index in [2.05, 4.69) is 37.1 Å². The van der Waals surface area contributed by atoms with Crippen LogP contribution in [0.15, 0.2) is 30.6 Å². The van der Waals surface area contributed by atoms with Crippen LogP contribution >= 0.6 is 0 Å². The Kier molecular flexibility index (Phi) is 6.03. The number of benzene rings is 1. The van der Waals surface area contributed by atoms with Gasteiger partial charge < -0.3 is 18.8 Å². The number of rotatable bonds is 0. The molecule has 0 amide bonds. The van der Waals surface area contributed by atoms with Crippen LogP contribution in [-0.4, -0.2) is 39.6 Å². The van der Waals surface area contributed by atoms with Gasteiger partial charge in [0.15, 0.2) is 5.79 Å². The average molecular weight is 439 g/mol. The molecule has 6 nitrogen and oxygen atoms in total. The van der Waals surface area contributed by atoms with E-state index < -0.39 is 5.79 Å². The number of aryl methyl sites for hydroxylation is 2. The van der Waals surface area contributed by atoms with Gasteiger partial charge in [-0.05, 0) is 45.7 Å². The summed E-state index contributed by atoms with van der Waals surface area (Å²) in [6, 6.07) is 2.00. The van der Waals surface area contributed by atoms with Gasteiger partial charge in [-0.3, -0.25) is 0 Å². The first-order valence-corrected chi connectivity index (χ1v) is 11.4. The number of hydrogen-bond acceptors (Lipinski definition) is 5. The van der Waals surface area contributed by atoms with Crippen LogP contribution in [0, 0.1) is 18.8 Å². The van der Waals surface area contributed by atoms with Crippen LogP contribution in [0.25, 0.3) is 17.1 Å². The molecule has 0 spiro atoms. The first kappa shape index (κ1) is 22.7. The van der Waals surface area contributed by atoms with Crippen LogP contribution in [0.5, 0.6) is 0 Å². The standard InChI is InChI=1S/C26H34N2O4/c1-15-11-12-16(2)24-21(31-26(5,6)32-24)10-8-9-19-22(25(29)30-18(15)4)17(3)13-20-23(19)27-14-28(20)7/h8-9,11-16,18,21,24H,10H2,1-7H3/b9-8?,12-11-/t15-,16?,18+,21+,24-/m1/s1. The van der Waals surface area contributed by atoms with Crippen molar-refractivity contribution in [1.82, 2.24) is 9.55 Å². The maximum absolute atomic E-state index is 13.3. The van der Waals surface area contributed by atoms with Crippen LogP contribution in [0.4, 0.5) is 0 Å². The molecule has 32 heavy (non-hydrogen) atoms. The highest BCUT2D eigenvalue weighted by Gasteiger charge is 2.42. The molecule has 4 rings (SSSR count). The fourth-order valence-corrected chi connectivity index (χ4v) is 4.62. The third-order valence-electron chi connectivity index (χ3n) is 6.60. The number of carbonyl (C=O) groups excluding carboxylic acids is 1.